The summed E-state index contributed by atoms with van der Waals surface area (Å²) in [5, 5.41) is 2.43. The van der Waals surface area contributed by atoms with Crippen LogP contribution in [0.25, 0.3) is 77.5 Å². The zero-order valence-electron chi connectivity index (χ0n) is 41.0. The van der Waals surface area contributed by atoms with Gasteiger partial charge in [-0.3, -0.25) is 0 Å². The van der Waals surface area contributed by atoms with Crippen LogP contribution >= 0.6 is 0 Å². The van der Waals surface area contributed by atoms with Crippen molar-refractivity contribution in [1.82, 2.24) is 0 Å². The highest BCUT2D eigenvalue weighted by Crippen LogP contribution is 2.57. The van der Waals surface area contributed by atoms with Gasteiger partial charge >= 0.3 is 0 Å². The standard InChI is InChI=1S/C70H52N2/c1-69(2)62-31-16-12-25-53(62)60-43-49(35-38-63(60)69)72-65-32-17-13-26-55(65)57-28-19-29-59-67(39-37-58(68(57)59)56-27-14-18-33-66(56)72)71(50-34-36-54-52-24-11-15-30-61(52)70(3,4)64(54)44-50)51-41-47(45-20-7-5-8-21-45)40-48(42-51)46-22-9-6-10-23-46/h5-44H,1-4H3. The molecule has 11 aromatic carbocycles. The molecule has 11 aromatic rings. The van der Waals surface area contributed by atoms with E-state index in [2.05, 4.69) is 280 Å². The highest BCUT2D eigenvalue weighted by Gasteiger charge is 2.38. The van der Waals surface area contributed by atoms with Crippen LogP contribution in [-0.2, 0) is 10.8 Å². The van der Waals surface area contributed by atoms with Crippen LogP contribution < -0.4 is 9.80 Å². The van der Waals surface area contributed by atoms with Gasteiger partial charge in [-0.2, -0.15) is 0 Å². The molecular formula is C70H52N2. The monoisotopic (exact) mass is 920 g/mol. The summed E-state index contributed by atoms with van der Waals surface area (Å²) in [6, 6.07) is 90.8. The number of benzene rings is 11. The molecule has 0 radical (unpaired) electrons. The minimum atomic E-state index is -0.178. The van der Waals surface area contributed by atoms with Gasteiger partial charge in [0.2, 0.25) is 0 Å². The molecule has 0 atom stereocenters. The Labute approximate surface area is 422 Å². The second-order valence-electron chi connectivity index (χ2n) is 20.9. The Kier molecular flexibility index (Phi) is 9.32. The Morgan fingerprint density at radius 3 is 1.43 bits per heavy atom. The molecular weight excluding hydrogens is 869 g/mol. The highest BCUT2D eigenvalue weighted by atomic mass is 15.2. The van der Waals surface area contributed by atoms with Gasteiger partial charge in [0.1, 0.15) is 0 Å². The fraction of sp³-hybridized carbons (Fsp3) is 0.0857. The Hall–Kier alpha value is -8.72. The lowest BCUT2D eigenvalue weighted by molar-refractivity contribution is 0.660. The quantitative estimate of drug-likeness (QED) is 0.164. The van der Waals surface area contributed by atoms with Gasteiger partial charge in [-0.05, 0) is 144 Å². The average molecular weight is 921 g/mol. The van der Waals surface area contributed by atoms with E-state index in [1.165, 1.54) is 99.8 Å². The molecule has 2 nitrogen and oxygen atoms in total. The normalized spacial score (nSPS) is 14.0. The third-order valence-corrected chi connectivity index (χ3v) is 16.2. The molecule has 0 amide bonds. The van der Waals surface area contributed by atoms with Crippen molar-refractivity contribution in [2.75, 3.05) is 9.80 Å². The Balaban J connectivity index is 1.03. The maximum atomic E-state index is 2.54. The van der Waals surface area contributed by atoms with Crippen LogP contribution in [0, 0.1) is 0 Å². The first-order valence-electron chi connectivity index (χ1n) is 25.3. The van der Waals surface area contributed by atoms with Crippen molar-refractivity contribution in [3.63, 3.8) is 0 Å². The second kappa shape index (κ2) is 15.9. The number of fused-ring (bicyclic) bond motifs is 10. The number of hydrogen-bond donors (Lipinski definition) is 0. The van der Waals surface area contributed by atoms with Crippen LogP contribution in [0.1, 0.15) is 49.9 Å². The molecule has 1 heterocycles. The molecule has 0 unspecified atom stereocenters. The van der Waals surface area contributed by atoms with E-state index in [9.17, 15) is 0 Å². The van der Waals surface area contributed by atoms with Crippen LogP contribution in [0.3, 0.4) is 0 Å². The van der Waals surface area contributed by atoms with E-state index in [1.54, 1.807) is 0 Å². The highest BCUT2D eigenvalue weighted by molar-refractivity contribution is 6.17. The Bertz CT molecular complexity index is 3880. The van der Waals surface area contributed by atoms with E-state index in [4.69, 9.17) is 0 Å². The summed E-state index contributed by atoms with van der Waals surface area (Å²) in [6.07, 6.45) is 0. The molecule has 14 rings (SSSR count). The summed E-state index contributed by atoms with van der Waals surface area (Å²) in [7, 11) is 0. The lowest BCUT2D eigenvalue weighted by atomic mass is 9.82. The van der Waals surface area contributed by atoms with Crippen molar-refractivity contribution in [3.8, 4) is 66.8 Å². The number of nitrogens with zero attached hydrogens (tertiary/aromatic N) is 2. The largest absolute Gasteiger partial charge is 0.310 e. The third-order valence-electron chi connectivity index (χ3n) is 16.2. The van der Waals surface area contributed by atoms with E-state index in [-0.39, 0.29) is 10.8 Å². The lowest BCUT2D eigenvalue weighted by Gasteiger charge is -2.34. The van der Waals surface area contributed by atoms with Crippen molar-refractivity contribution in [2.24, 2.45) is 0 Å². The van der Waals surface area contributed by atoms with E-state index in [0.717, 1.165) is 34.1 Å². The fourth-order valence-electron chi connectivity index (χ4n) is 12.7. The van der Waals surface area contributed by atoms with E-state index >= 15 is 0 Å². The molecule has 3 aliphatic rings. The van der Waals surface area contributed by atoms with Crippen molar-refractivity contribution >= 4 is 44.9 Å². The second-order valence-corrected chi connectivity index (χ2v) is 20.9. The number of rotatable bonds is 6. The van der Waals surface area contributed by atoms with Crippen LogP contribution in [0.15, 0.2) is 243 Å². The Morgan fingerprint density at radius 2 is 0.792 bits per heavy atom. The molecule has 342 valence electrons. The van der Waals surface area contributed by atoms with Crippen LogP contribution in [0.5, 0.6) is 0 Å². The van der Waals surface area contributed by atoms with Gasteiger partial charge in [0.05, 0.1) is 17.1 Å². The summed E-state index contributed by atoms with van der Waals surface area (Å²) >= 11 is 0. The molecule has 2 heteroatoms. The SMILES string of the molecule is CC1(C)c2ccccc2-c2cc(N3c4ccccc4-c4cccc5c(N(c6cc(-c7ccccc7)cc(-c7ccccc7)c6)c6ccc7c(c6)C(C)(C)c6ccccc6-7)ccc(c45)-c4ccccc43)ccc21. The molecule has 0 saturated heterocycles. The maximum absolute atomic E-state index is 2.54. The lowest BCUT2D eigenvalue weighted by Crippen LogP contribution is -2.17. The molecule has 0 saturated carbocycles. The summed E-state index contributed by atoms with van der Waals surface area (Å²) in [5.74, 6) is 0. The summed E-state index contributed by atoms with van der Waals surface area (Å²) in [5.41, 5.74) is 26.8. The van der Waals surface area contributed by atoms with Gasteiger partial charge in [0.25, 0.3) is 0 Å². The van der Waals surface area contributed by atoms with Gasteiger partial charge in [-0.1, -0.05) is 210 Å². The number of hydrogen-bond acceptors (Lipinski definition) is 2. The van der Waals surface area contributed by atoms with E-state index in [1.807, 2.05) is 0 Å². The summed E-state index contributed by atoms with van der Waals surface area (Å²) in [6.45, 7) is 9.48. The smallest absolute Gasteiger partial charge is 0.0540 e. The topological polar surface area (TPSA) is 6.48 Å². The fourth-order valence-corrected chi connectivity index (χ4v) is 12.7. The first-order chi connectivity index (χ1) is 35.2. The van der Waals surface area contributed by atoms with Gasteiger partial charge < -0.3 is 9.80 Å². The van der Waals surface area contributed by atoms with E-state index in [0.29, 0.717) is 0 Å². The van der Waals surface area contributed by atoms with Crippen molar-refractivity contribution < 1.29 is 0 Å². The molecule has 0 N–H and O–H groups in total. The van der Waals surface area contributed by atoms with Gasteiger partial charge in [0, 0.05) is 44.4 Å². The predicted molar refractivity (Wildman–Crippen MR) is 304 cm³/mol. The molecule has 72 heavy (non-hydrogen) atoms. The molecule has 0 bridgehead atoms. The van der Waals surface area contributed by atoms with Gasteiger partial charge in [0.15, 0.2) is 0 Å². The zero-order valence-corrected chi connectivity index (χ0v) is 41.0. The van der Waals surface area contributed by atoms with Crippen molar-refractivity contribution in [3.05, 3.63) is 265 Å². The average Bonchev–Trinajstić information content (AvgIpc) is 3.80. The Morgan fingerprint density at radius 1 is 0.306 bits per heavy atom. The zero-order chi connectivity index (χ0) is 48.3. The first kappa shape index (κ1) is 42.2. The molecule has 2 aliphatic carbocycles. The van der Waals surface area contributed by atoms with E-state index < -0.39 is 0 Å². The maximum Gasteiger partial charge on any atom is 0.0540 e. The van der Waals surface area contributed by atoms with Gasteiger partial charge in [-0.25, -0.2) is 0 Å². The summed E-state index contributed by atoms with van der Waals surface area (Å²) in [4.78, 5) is 5.04. The molecule has 1 aliphatic heterocycles. The van der Waals surface area contributed by atoms with Crippen molar-refractivity contribution in [2.45, 2.75) is 38.5 Å². The van der Waals surface area contributed by atoms with Crippen LogP contribution in [0.2, 0.25) is 0 Å². The molecule has 0 spiro atoms. The van der Waals surface area contributed by atoms with Crippen LogP contribution in [-0.4, -0.2) is 0 Å². The molecule has 0 fully saturated rings. The number of anilines is 6. The minimum Gasteiger partial charge on any atom is -0.310 e. The molecule has 0 aromatic heterocycles. The number of para-hydroxylation sites is 2. The van der Waals surface area contributed by atoms with Crippen molar-refractivity contribution in [1.29, 1.82) is 0 Å². The minimum absolute atomic E-state index is 0.0797. The predicted octanol–water partition coefficient (Wildman–Crippen LogP) is 19.4. The van der Waals surface area contributed by atoms with Gasteiger partial charge in [-0.15, -0.1) is 0 Å². The first-order valence-corrected chi connectivity index (χ1v) is 25.3. The van der Waals surface area contributed by atoms with Crippen LogP contribution in [0.4, 0.5) is 34.1 Å². The third kappa shape index (κ3) is 6.28. The summed E-state index contributed by atoms with van der Waals surface area (Å²) < 4.78 is 0.